The van der Waals surface area contributed by atoms with Crippen LogP contribution in [-0.4, -0.2) is 9.25 Å². The van der Waals surface area contributed by atoms with E-state index in [4.69, 9.17) is 4.74 Å². The normalized spacial score (nSPS) is 14.6. The van der Waals surface area contributed by atoms with Gasteiger partial charge in [-0.3, -0.25) is 0 Å². The Kier molecular flexibility index (Phi) is 4.38. The number of aryl methyl sites for hydroxylation is 1. The summed E-state index contributed by atoms with van der Waals surface area (Å²) in [6.45, 7) is 0. The summed E-state index contributed by atoms with van der Waals surface area (Å²) in [5.41, 5.74) is 9.43. The maximum atomic E-state index is 6.69. The topological polar surface area (TPSA) is 26.8 Å². The Hall–Kier alpha value is -5.68. The lowest BCUT2D eigenvalue weighted by atomic mass is 9.92. The van der Waals surface area contributed by atoms with Crippen molar-refractivity contribution in [1.82, 2.24) is 9.25 Å². The molecular formula is C38H26N4O+2. The molecule has 1 unspecified atom stereocenters. The summed E-state index contributed by atoms with van der Waals surface area (Å²) in [5.74, 6) is 1.81. The molecule has 0 amide bonds. The third kappa shape index (κ3) is 2.96. The van der Waals surface area contributed by atoms with Gasteiger partial charge in [0.15, 0.2) is 0 Å². The van der Waals surface area contributed by atoms with E-state index in [-0.39, 0.29) is 6.04 Å². The molecule has 0 aliphatic carbocycles. The summed E-state index contributed by atoms with van der Waals surface area (Å²) in [6.07, 6.45) is 6.72. The van der Waals surface area contributed by atoms with Crippen molar-refractivity contribution < 1.29 is 14.0 Å². The molecule has 202 valence electrons. The van der Waals surface area contributed by atoms with Crippen LogP contribution in [0.3, 0.4) is 0 Å². The first-order chi connectivity index (χ1) is 21.3. The van der Waals surface area contributed by atoms with Gasteiger partial charge in [0.25, 0.3) is 5.65 Å². The highest BCUT2D eigenvalue weighted by Crippen LogP contribution is 2.50. The highest BCUT2D eigenvalue weighted by molar-refractivity contribution is 6.07. The number of rotatable bonds is 2. The minimum absolute atomic E-state index is 0.0416. The Morgan fingerprint density at radius 3 is 2.23 bits per heavy atom. The van der Waals surface area contributed by atoms with Gasteiger partial charge in [0.2, 0.25) is 12.2 Å². The van der Waals surface area contributed by atoms with Gasteiger partial charge in [0.05, 0.1) is 36.0 Å². The largest absolute Gasteiger partial charge is 0.456 e. The van der Waals surface area contributed by atoms with Crippen molar-refractivity contribution in [3.05, 3.63) is 145 Å². The molecule has 0 spiro atoms. The van der Waals surface area contributed by atoms with Crippen LogP contribution in [0, 0.1) is 0 Å². The molecule has 0 fully saturated rings. The van der Waals surface area contributed by atoms with Crippen molar-refractivity contribution in [3.8, 4) is 34.0 Å². The monoisotopic (exact) mass is 554 g/mol. The van der Waals surface area contributed by atoms with E-state index in [1.165, 1.54) is 49.3 Å². The number of aromatic nitrogens is 4. The number of benzene rings is 5. The summed E-state index contributed by atoms with van der Waals surface area (Å²) in [6, 6.07) is 41.1. The van der Waals surface area contributed by atoms with Gasteiger partial charge < -0.3 is 4.74 Å². The maximum absolute atomic E-state index is 6.69. The summed E-state index contributed by atoms with van der Waals surface area (Å²) < 4.78 is 16.0. The minimum Gasteiger partial charge on any atom is -0.456 e. The molecule has 0 saturated heterocycles. The molecule has 1 atom stereocenters. The van der Waals surface area contributed by atoms with E-state index in [1.807, 2.05) is 0 Å². The predicted octanol–water partition coefficient (Wildman–Crippen LogP) is 7.56. The van der Waals surface area contributed by atoms with Gasteiger partial charge in [-0.15, -0.1) is 4.68 Å². The molecule has 5 heteroatoms. The second-order valence-corrected chi connectivity index (χ2v) is 11.6. The quantitative estimate of drug-likeness (QED) is 0.203. The summed E-state index contributed by atoms with van der Waals surface area (Å²) in [7, 11) is 2.13. The number of hydrogen-bond donors (Lipinski definition) is 0. The Morgan fingerprint density at radius 2 is 1.35 bits per heavy atom. The fourth-order valence-corrected chi connectivity index (χ4v) is 7.51. The molecular weight excluding hydrogens is 528 g/mol. The van der Waals surface area contributed by atoms with Crippen LogP contribution in [0.25, 0.3) is 55.2 Å². The second kappa shape index (κ2) is 8.20. The lowest BCUT2D eigenvalue weighted by Crippen LogP contribution is -2.43. The van der Waals surface area contributed by atoms with Crippen molar-refractivity contribution >= 4 is 32.7 Å². The smallest absolute Gasteiger partial charge is 0.294 e. The molecule has 5 aromatic carbocycles. The molecule has 2 aliphatic heterocycles. The molecule has 3 aromatic heterocycles. The molecule has 0 radical (unpaired) electrons. The summed E-state index contributed by atoms with van der Waals surface area (Å²) in [4.78, 5) is 0. The summed E-state index contributed by atoms with van der Waals surface area (Å²) >= 11 is 0. The molecule has 10 rings (SSSR count). The van der Waals surface area contributed by atoms with Crippen LogP contribution < -0.4 is 14.0 Å². The van der Waals surface area contributed by atoms with Crippen LogP contribution in [-0.2, 0) is 7.05 Å². The first-order valence-corrected chi connectivity index (χ1v) is 14.7. The molecule has 5 nitrogen and oxygen atoms in total. The standard InChI is InChI=1S/C38H26N4O/c1-39-21-9-15-29-28-13-4-5-16-30(28)42(38(29)39)32-18-8-20-34-36(32)37-35-31(17-7-19-33(35)43-34)40-22-25(23-41(37)40)27-14-6-11-24-10-2-3-12-26(24)27/h2-23,37H,1H3/q+2. The van der Waals surface area contributed by atoms with E-state index in [0.29, 0.717) is 0 Å². The van der Waals surface area contributed by atoms with E-state index in [2.05, 4.69) is 159 Å². The first kappa shape index (κ1) is 22.9. The molecule has 5 heterocycles. The Balaban J connectivity index is 1.28. The number of pyridine rings is 1. The molecule has 8 aromatic rings. The molecule has 43 heavy (non-hydrogen) atoms. The number of hydrogen-bond acceptors (Lipinski definition) is 1. The highest BCUT2D eigenvalue weighted by Gasteiger charge is 2.48. The van der Waals surface area contributed by atoms with E-state index < -0.39 is 0 Å². The van der Waals surface area contributed by atoms with Gasteiger partial charge >= 0.3 is 0 Å². The lowest BCUT2D eigenvalue weighted by molar-refractivity contribution is -0.765. The predicted molar refractivity (Wildman–Crippen MR) is 168 cm³/mol. The van der Waals surface area contributed by atoms with Crippen LogP contribution in [0.15, 0.2) is 134 Å². The third-order valence-corrected chi connectivity index (χ3v) is 9.28. The number of ether oxygens (including phenoxy) is 1. The van der Waals surface area contributed by atoms with E-state index in [0.717, 1.165) is 28.5 Å². The average molecular weight is 555 g/mol. The van der Waals surface area contributed by atoms with Gasteiger partial charge in [-0.1, -0.05) is 71.4 Å². The molecule has 2 aliphatic rings. The Morgan fingerprint density at radius 1 is 0.651 bits per heavy atom. The van der Waals surface area contributed by atoms with Crippen molar-refractivity contribution in [2.75, 3.05) is 0 Å². The second-order valence-electron chi connectivity index (χ2n) is 11.6. The van der Waals surface area contributed by atoms with Gasteiger partial charge in [-0.05, 0) is 64.9 Å². The summed E-state index contributed by atoms with van der Waals surface area (Å²) in [5, 5.41) is 4.98. The third-order valence-electron chi connectivity index (χ3n) is 9.28. The van der Waals surface area contributed by atoms with Crippen LogP contribution in [0.5, 0.6) is 11.5 Å². The molecule has 0 N–H and O–H groups in total. The maximum Gasteiger partial charge on any atom is 0.294 e. The van der Waals surface area contributed by atoms with E-state index in [9.17, 15) is 0 Å². The van der Waals surface area contributed by atoms with Crippen molar-refractivity contribution in [1.29, 1.82) is 0 Å². The van der Waals surface area contributed by atoms with Gasteiger partial charge in [-0.2, -0.15) is 4.57 Å². The van der Waals surface area contributed by atoms with Crippen molar-refractivity contribution in [2.24, 2.45) is 7.05 Å². The first-order valence-electron chi connectivity index (χ1n) is 14.7. The lowest BCUT2D eigenvalue weighted by Gasteiger charge is -2.22. The fraction of sp³-hybridized carbons (Fsp3) is 0.0526. The zero-order valence-corrected chi connectivity index (χ0v) is 23.5. The van der Waals surface area contributed by atoms with Crippen molar-refractivity contribution in [3.63, 3.8) is 0 Å². The minimum atomic E-state index is -0.0416. The van der Waals surface area contributed by atoms with Gasteiger partial charge in [0.1, 0.15) is 34.0 Å². The van der Waals surface area contributed by atoms with Gasteiger partial charge in [-0.25, -0.2) is 4.57 Å². The van der Waals surface area contributed by atoms with Crippen LogP contribution >= 0.6 is 0 Å². The van der Waals surface area contributed by atoms with E-state index >= 15 is 0 Å². The van der Waals surface area contributed by atoms with Crippen LogP contribution in [0.4, 0.5) is 0 Å². The van der Waals surface area contributed by atoms with Crippen LogP contribution in [0.2, 0.25) is 0 Å². The van der Waals surface area contributed by atoms with Crippen molar-refractivity contribution in [2.45, 2.75) is 6.04 Å². The number of nitrogens with zero attached hydrogens (tertiary/aromatic N) is 4. The zero-order valence-electron chi connectivity index (χ0n) is 23.5. The molecule has 0 bridgehead atoms. The Bertz CT molecular complexity index is 2460. The van der Waals surface area contributed by atoms with E-state index in [1.54, 1.807) is 0 Å². The highest BCUT2D eigenvalue weighted by atomic mass is 16.5. The zero-order chi connectivity index (χ0) is 28.2. The van der Waals surface area contributed by atoms with Crippen LogP contribution in [0.1, 0.15) is 17.2 Å². The fourth-order valence-electron chi connectivity index (χ4n) is 7.51. The molecule has 0 saturated carbocycles. The average Bonchev–Trinajstić information content (AvgIpc) is 3.72. The SMILES string of the molecule is C[n+]1cccc2c3ccccc3n(-c3cccc4c3C3c5c(cccc5-n5cc(-c6cccc7ccccc67)c[n+]53)O4)c21. The Labute approximate surface area is 247 Å². The number of para-hydroxylation sites is 1. The number of fused-ring (bicyclic) bond motifs is 9. The van der Waals surface area contributed by atoms with Gasteiger partial charge in [0, 0.05) is 5.39 Å².